The molecule has 8 heteroatoms. The topological polar surface area (TPSA) is 86.8 Å². The van der Waals surface area contributed by atoms with E-state index in [4.69, 9.17) is 4.98 Å². The molecule has 0 radical (unpaired) electrons. The molecule has 0 fully saturated rings. The van der Waals surface area contributed by atoms with Crippen LogP contribution in [0.15, 0.2) is 60.0 Å². The summed E-state index contributed by atoms with van der Waals surface area (Å²) in [4.78, 5) is 28.2. The lowest BCUT2D eigenvalue weighted by Gasteiger charge is -2.26. The third-order valence-electron chi connectivity index (χ3n) is 5.32. The van der Waals surface area contributed by atoms with Gasteiger partial charge in [-0.25, -0.2) is 19.3 Å². The number of pyridine rings is 2. The molecule has 0 atom stereocenters. The van der Waals surface area contributed by atoms with Crippen molar-refractivity contribution in [2.75, 3.05) is 18.1 Å². The van der Waals surface area contributed by atoms with E-state index < -0.39 is 0 Å². The van der Waals surface area contributed by atoms with Crippen molar-refractivity contribution in [3.8, 4) is 11.3 Å². The fourth-order valence-corrected chi connectivity index (χ4v) is 4.32. The van der Waals surface area contributed by atoms with E-state index in [1.807, 2.05) is 18.2 Å². The highest BCUT2D eigenvalue weighted by atomic mass is 32.2. The lowest BCUT2D eigenvalue weighted by atomic mass is 10.0. The Morgan fingerprint density at radius 2 is 2.00 bits per heavy atom. The number of aromatic amines is 1. The quantitative estimate of drug-likeness (QED) is 0.490. The molecule has 150 valence electrons. The first kappa shape index (κ1) is 18.8. The van der Waals surface area contributed by atoms with Crippen LogP contribution in [-0.2, 0) is 13.0 Å². The monoisotopic (exact) mass is 416 g/mol. The largest absolute Gasteiger partial charge is 0.340 e. The second-order valence-electron chi connectivity index (χ2n) is 7.16. The normalized spacial score (nSPS) is 13.9. The molecule has 0 amide bonds. The zero-order valence-corrected chi connectivity index (χ0v) is 17.2. The van der Waals surface area contributed by atoms with Gasteiger partial charge in [-0.3, -0.25) is 4.79 Å². The van der Waals surface area contributed by atoms with Gasteiger partial charge in [0.25, 0.3) is 5.56 Å². The average Bonchev–Trinajstić information content (AvgIpc) is 2.79. The molecule has 30 heavy (non-hydrogen) atoms. The van der Waals surface area contributed by atoms with Crippen LogP contribution in [-0.4, -0.2) is 37.0 Å². The van der Waals surface area contributed by atoms with Crippen LogP contribution < -0.4 is 10.9 Å². The Balaban J connectivity index is 1.58. The smallest absolute Gasteiger partial charge is 0.259 e. The summed E-state index contributed by atoms with van der Waals surface area (Å²) in [5, 5.41) is 4.72. The van der Waals surface area contributed by atoms with Gasteiger partial charge in [0.2, 0.25) is 0 Å². The van der Waals surface area contributed by atoms with Gasteiger partial charge in [0.05, 0.1) is 11.1 Å². The minimum absolute atomic E-state index is 0.174. The molecule has 4 aromatic rings. The van der Waals surface area contributed by atoms with Crippen molar-refractivity contribution in [3.63, 3.8) is 0 Å². The Morgan fingerprint density at radius 1 is 1.13 bits per heavy atom. The molecule has 0 aliphatic carbocycles. The molecule has 1 aliphatic rings. The number of benzene rings is 1. The third-order valence-corrected chi connectivity index (χ3v) is 6.14. The SMILES string of the molecule is CSN1CCc2cc(Nc3nc(-c4cncnc4)cc4cc[nH]c(=O)c34)ccc2C1. The number of hydrogen-bond donors (Lipinski definition) is 2. The Labute approximate surface area is 177 Å². The van der Waals surface area contributed by atoms with Crippen molar-refractivity contribution in [1.29, 1.82) is 0 Å². The van der Waals surface area contributed by atoms with E-state index in [2.05, 4.69) is 43.0 Å². The summed E-state index contributed by atoms with van der Waals surface area (Å²) in [6.07, 6.45) is 9.68. The minimum Gasteiger partial charge on any atom is -0.340 e. The van der Waals surface area contributed by atoms with Crippen molar-refractivity contribution < 1.29 is 0 Å². The molecule has 0 spiro atoms. The van der Waals surface area contributed by atoms with Gasteiger partial charge in [-0.1, -0.05) is 18.0 Å². The van der Waals surface area contributed by atoms with Crippen molar-refractivity contribution >= 4 is 34.2 Å². The maximum Gasteiger partial charge on any atom is 0.259 e. The third kappa shape index (κ3) is 3.55. The van der Waals surface area contributed by atoms with Crippen LogP contribution >= 0.6 is 11.9 Å². The molecule has 7 nitrogen and oxygen atoms in total. The second kappa shape index (κ2) is 7.89. The van der Waals surface area contributed by atoms with Crippen molar-refractivity contribution in [3.05, 3.63) is 76.7 Å². The molecule has 0 saturated carbocycles. The van der Waals surface area contributed by atoms with Crippen LogP contribution in [0.2, 0.25) is 0 Å². The number of hydrogen-bond acceptors (Lipinski definition) is 7. The minimum atomic E-state index is -0.174. The van der Waals surface area contributed by atoms with E-state index in [0.29, 0.717) is 16.9 Å². The van der Waals surface area contributed by atoms with E-state index in [-0.39, 0.29) is 5.56 Å². The zero-order valence-electron chi connectivity index (χ0n) is 16.4. The van der Waals surface area contributed by atoms with Crippen LogP contribution in [0, 0.1) is 0 Å². The Kier molecular flexibility index (Phi) is 4.94. The number of rotatable bonds is 4. The van der Waals surface area contributed by atoms with E-state index in [1.165, 1.54) is 17.5 Å². The molecule has 0 unspecified atom stereocenters. The van der Waals surface area contributed by atoms with Crippen molar-refractivity contribution in [2.24, 2.45) is 0 Å². The Morgan fingerprint density at radius 3 is 2.83 bits per heavy atom. The van der Waals surface area contributed by atoms with Crippen LogP contribution in [0.5, 0.6) is 0 Å². The lowest BCUT2D eigenvalue weighted by molar-refractivity contribution is 0.446. The maximum atomic E-state index is 12.6. The van der Waals surface area contributed by atoms with Crippen LogP contribution in [0.25, 0.3) is 22.0 Å². The van der Waals surface area contributed by atoms with Gasteiger partial charge in [-0.2, -0.15) is 0 Å². The molecule has 0 bridgehead atoms. The maximum absolute atomic E-state index is 12.6. The zero-order chi connectivity index (χ0) is 20.5. The molecule has 1 aromatic carbocycles. The van der Waals surface area contributed by atoms with Gasteiger partial charge in [0.1, 0.15) is 12.1 Å². The van der Waals surface area contributed by atoms with Gasteiger partial charge in [0.15, 0.2) is 0 Å². The standard InChI is InChI=1S/C22H20N6OS/c1-30-28-7-5-14-8-18(3-2-16(14)12-28)26-21-20-15(4-6-25-22(20)29)9-19(27-21)17-10-23-13-24-11-17/h2-4,6,8-11,13H,5,7,12H2,1H3,(H,25,29)(H,26,27). The van der Waals surface area contributed by atoms with Crippen LogP contribution in [0.3, 0.4) is 0 Å². The molecule has 2 N–H and O–H groups in total. The highest BCUT2D eigenvalue weighted by Gasteiger charge is 2.17. The number of H-pyrrole nitrogens is 1. The first-order chi connectivity index (χ1) is 14.7. The molecule has 4 heterocycles. The molecular formula is C22H20N6OS. The van der Waals surface area contributed by atoms with Crippen molar-refractivity contribution in [1.82, 2.24) is 24.2 Å². The van der Waals surface area contributed by atoms with Gasteiger partial charge >= 0.3 is 0 Å². The lowest BCUT2D eigenvalue weighted by Crippen LogP contribution is -2.24. The number of aromatic nitrogens is 4. The summed E-state index contributed by atoms with van der Waals surface area (Å²) >= 11 is 1.78. The summed E-state index contributed by atoms with van der Waals surface area (Å²) in [5.41, 5.74) is 4.93. The molecular weight excluding hydrogens is 396 g/mol. The average molecular weight is 417 g/mol. The van der Waals surface area contributed by atoms with E-state index in [0.717, 1.165) is 36.1 Å². The summed E-state index contributed by atoms with van der Waals surface area (Å²) in [6, 6.07) is 10.1. The molecule has 0 saturated heterocycles. The summed E-state index contributed by atoms with van der Waals surface area (Å²) in [6.45, 7) is 1.98. The van der Waals surface area contributed by atoms with E-state index >= 15 is 0 Å². The Hall–Kier alpha value is -3.23. The van der Waals surface area contributed by atoms with Gasteiger partial charge in [-0.15, -0.1) is 0 Å². The summed E-state index contributed by atoms with van der Waals surface area (Å²) in [7, 11) is 0. The van der Waals surface area contributed by atoms with Crippen LogP contribution in [0.1, 0.15) is 11.1 Å². The summed E-state index contributed by atoms with van der Waals surface area (Å²) in [5.74, 6) is 0.523. The molecule has 1 aliphatic heterocycles. The fraction of sp³-hybridized carbons (Fsp3) is 0.182. The molecule has 3 aromatic heterocycles. The highest BCUT2D eigenvalue weighted by Crippen LogP contribution is 2.30. The number of fused-ring (bicyclic) bond motifs is 2. The Bertz CT molecular complexity index is 1270. The number of anilines is 2. The van der Waals surface area contributed by atoms with Crippen LogP contribution in [0.4, 0.5) is 11.5 Å². The first-order valence-corrected chi connectivity index (χ1v) is 10.8. The number of nitrogens with zero attached hydrogens (tertiary/aromatic N) is 4. The van der Waals surface area contributed by atoms with E-state index in [1.54, 1.807) is 30.5 Å². The predicted molar refractivity (Wildman–Crippen MR) is 121 cm³/mol. The number of nitrogens with one attached hydrogen (secondary N) is 2. The van der Waals surface area contributed by atoms with E-state index in [9.17, 15) is 4.79 Å². The highest BCUT2D eigenvalue weighted by molar-refractivity contribution is 7.96. The fourth-order valence-electron chi connectivity index (χ4n) is 3.78. The van der Waals surface area contributed by atoms with Gasteiger partial charge in [-0.05, 0) is 53.5 Å². The first-order valence-electron chi connectivity index (χ1n) is 9.67. The van der Waals surface area contributed by atoms with Gasteiger partial charge < -0.3 is 10.3 Å². The second-order valence-corrected chi connectivity index (χ2v) is 8.04. The molecule has 5 rings (SSSR count). The summed E-state index contributed by atoms with van der Waals surface area (Å²) < 4.78 is 2.36. The van der Waals surface area contributed by atoms with Gasteiger partial charge in [0, 0.05) is 42.9 Å². The predicted octanol–water partition coefficient (Wildman–Crippen LogP) is 3.76. The van der Waals surface area contributed by atoms with Crippen molar-refractivity contribution in [2.45, 2.75) is 13.0 Å².